The highest BCUT2D eigenvalue weighted by molar-refractivity contribution is 4.94. The van der Waals surface area contributed by atoms with Crippen LogP contribution in [-0.4, -0.2) is 22.4 Å². The van der Waals surface area contributed by atoms with Gasteiger partial charge in [0.15, 0.2) is 0 Å². The first-order valence-electron chi connectivity index (χ1n) is 5.12. The molecule has 1 N–H and O–H groups in total. The van der Waals surface area contributed by atoms with E-state index in [1.165, 1.54) is 5.06 Å². The van der Waals surface area contributed by atoms with Crippen molar-refractivity contribution in [1.29, 1.82) is 0 Å². The second kappa shape index (κ2) is 5.26. The third-order valence-electron chi connectivity index (χ3n) is 2.76. The largest absolute Gasteiger partial charge is 0.313 e. The third kappa shape index (κ3) is 3.02. The molecule has 2 nitrogen and oxygen atoms in total. The standard InChI is InChI=1S/C11H19NO/c1-3-4-5-6-7-11-9-8-10(2)12(11)13/h10-11,13H,5-9H2,1-2H3/t10-,11-/m1/s1. The van der Waals surface area contributed by atoms with Crippen molar-refractivity contribution in [2.75, 3.05) is 0 Å². The van der Waals surface area contributed by atoms with E-state index in [0.29, 0.717) is 12.1 Å². The second-order valence-electron chi connectivity index (χ2n) is 3.78. The van der Waals surface area contributed by atoms with Gasteiger partial charge in [0.05, 0.1) is 0 Å². The lowest BCUT2D eigenvalue weighted by Gasteiger charge is -2.20. The van der Waals surface area contributed by atoms with Crippen LogP contribution in [0.3, 0.4) is 0 Å². The Bertz CT molecular complexity index is 204. The molecule has 1 fully saturated rings. The van der Waals surface area contributed by atoms with E-state index in [-0.39, 0.29) is 0 Å². The molecule has 0 aliphatic carbocycles. The van der Waals surface area contributed by atoms with Crippen molar-refractivity contribution < 1.29 is 5.21 Å². The molecule has 2 heteroatoms. The van der Waals surface area contributed by atoms with Crippen molar-refractivity contribution in [2.45, 2.75) is 58.0 Å². The van der Waals surface area contributed by atoms with Crippen molar-refractivity contribution in [3.63, 3.8) is 0 Å². The number of hydrogen-bond acceptors (Lipinski definition) is 2. The molecule has 1 saturated heterocycles. The molecule has 0 unspecified atom stereocenters. The first-order valence-corrected chi connectivity index (χ1v) is 5.12. The summed E-state index contributed by atoms with van der Waals surface area (Å²) in [5.41, 5.74) is 0. The lowest BCUT2D eigenvalue weighted by atomic mass is 10.1. The van der Waals surface area contributed by atoms with Crippen molar-refractivity contribution in [2.24, 2.45) is 0 Å². The fraction of sp³-hybridized carbons (Fsp3) is 0.818. The van der Waals surface area contributed by atoms with Crippen LogP contribution in [0.25, 0.3) is 0 Å². The molecule has 0 radical (unpaired) electrons. The van der Waals surface area contributed by atoms with E-state index in [2.05, 4.69) is 18.8 Å². The summed E-state index contributed by atoms with van der Waals surface area (Å²) in [7, 11) is 0. The molecular weight excluding hydrogens is 162 g/mol. The van der Waals surface area contributed by atoms with Gasteiger partial charge in [0.2, 0.25) is 0 Å². The molecule has 0 aromatic rings. The monoisotopic (exact) mass is 181 g/mol. The van der Waals surface area contributed by atoms with Gasteiger partial charge in [-0.15, -0.1) is 11.8 Å². The first-order chi connectivity index (χ1) is 6.25. The Morgan fingerprint density at radius 1 is 1.46 bits per heavy atom. The minimum absolute atomic E-state index is 0.349. The quantitative estimate of drug-likeness (QED) is 0.534. The fourth-order valence-corrected chi connectivity index (χ4v) is 1.89. The Morgan fingerprint density at radius 2 is 2.23 bits per heavy atom. The van der Waals surface area contributed by atoms with Gasteiger partial charge in [-0.3, -0.25) is 0 Å². The minimum Gasteiger partial charge on any atom is -0.313 e. The van der Waals surface area contributed by atoms with Gasteiger partial charge in [-0.2, -0.15) is 5.06 Å². The Kier molecular flexibility index (Phi) is 4.27. The molecule has 74 valence electrons. The lowest BCUT2D eigenvalue weighted by Crippen LogP contribution is -2.30. The smallest absolute Gasteiger partial charge is 0.0354 e. The van der Waals surface area contributed by atoms with Crippen LogP contribution in [0, 0.1) is 11.8 Å². The van der Waals surface area contributed by atoms with Gasteiger partial charge in [-0.05, 0) is 39.5 Å². The summed E-state index contributed by atoms with van der Waals surface area (Å²) in [6, 6.07) is 0.732. The number of unbranched alkanes of at least 4 members (excludes halogenated alkanes) is 1. The zero-order valence-electron chi connectivity index (χ0n) is 8.58. The molecule has 2 atom stereocenters. The molecular formula is C11H19NO. The van der Waals surface area contributed by atoms with Gasteiger partial charge < -0.3 is 5.21 Å². The molecule has 13 heavy (non-hydrogen) atoms. The highest BCUT2D eigenvalue weighted by atomic mass is 16.5. The maximum atomic E-state index is 9.61. The summed E-state index contributed by atoms with van der Waals surface area (Å²) in [6.45, 7) is 3.95. The van der Waals surface area contributed by atoms with Crippen LogP contribution in [0.2, 0.25) is 0 Å². The maximum Gasteiger partial charge on any atom is 0.0354 e. The molecule has 1 aliphatic heterocycles. The van der Waals surface area contributed by atoms with Crippen LogP contribution in [0.5, 0.6) is 0 Å². The van der Waals surface area contributed by atoms with E-state index < -0.39 is 0 Å². The van der Waals surface area contributed by atoms with Crippen LogP contribution < -0.4 is 0 Å². The van der Waals surface area contributed by atoms with Crippen molar-refractivity contribution in [1.82, 2.24) is 5.06 Å². The topological polar surface area (TPSA) is 23.5 Å². The van der Waals surface area contributed by atoms with Crippen LogP contribution in [-0.2, 0) is 0 Å². The number of nitrogens with zero attached hydrogens (tertiary/aromatic N) is 1. The molecule has 0 amide bonds. The zero-order valence-corrected chi connectivity index (χ0v) is 8.58. The van der Waals surface area contributed by atoms with Crippen LogP contribution in [0.4, 0.5) is 0 Å². The average Bonchev–Trinajstić information content (AvgIpc) is 2.43. The maximum absolute atomic E-state index is 9.61. The number of rotatable bonds is 3. The molecule has 0 aromatic carbocycles. The Hall–Kier alpha value is -0.520. The molecule has 1 heterocycles. The third-order valence-corrected chi connectivity index (χ3v) is 2.76. The lowest BCUT2D eigenvalue weighted by molar-refractivity contribution is -0.130. The van der Waals surface area contributed by atoms with E-state index in [1.54, 1.807) is 0 Å². The van der Waals surface area contributed by atoms with Crippen LogP contribution in [0.15, 0.2) is 0 Å². The summed E-state index contributed by atoms with van der Waals surface area (Å²) >= 11 is 0. The predicted molar refractivity (Wildman–Crippen MR) is 53.4 cm³/mol. The van der Waals surface area contributed by atoms with Crippen molar-refractivity contribution in [3.05, 3.63) is 0 Å². The second-order valence-corrected chi connectivity index (χ2v) is 3.78. The zero-order chi connectivity index (χ0) is 9.68. The number of hydrogen-bond donors (Lipinski definition) is 1. The van der Waals surface area contributed by atoms with Gasteiger partial charge in [0.25, 0.3) is 0 Å². The summed E-state index contributed by atoms with van der Waals surface area (Å²) in [5.74, 6) is 5.94. The molecule has 0 bridgehead atoms. The van der Waals surface area contributed by atoms with E-state index >= 15 is 0 Å². The molecule has 1 aliphatic rings. The SMILES string of the molecule is CC#CCCC[C@@H]1CC[C@@H](C)N1O. The Balaban J connectivity index is 2.17. The van der Waals surface area contributed by atoms with Crippen LogP contribution >= 0.6 is 0 Å². The highest BCUT2D eigenvalue weighted by Crippen LogP contribution is 2.24. The minimum atomic E-state index is 0.349. The molecule has 0 spiro atoms. The molecule has 0 saturated carbocycles. The first kappa shape index (κ1) is 10.6. The number of hydroxylamine groups is 2. The predicted octanol–water partition coefficient (Wildman–Crippen LogP) is 2.42. The molecule has 0 aromatic heterocycles. The summed E-state index contributed by atoms with van der Waals surface area (Å²) in [5, 5.41) is 11.1. The van der Waals surface area contributed by atoms with E-state index in [4.69, 9.17) is 0 Å². The molecule has 1 rings (SSSR count). The van der Waals surface area contributed by atoms with Gasteiger partial charge in [-0.25, -0.2) is 0 Å². The summed E-state index contributed by atoms with van der Waals surface area (Å²) in [4.78, 5) is 0. The van der Waals surface area contributed by atoms with Gasteiger partial charge >= 0.3 is 0 Å². The Morgan fingerprint density at radius 3 is 2.77 bits per heavy atom. The van der Waals surface area contributed by atoms with E-state index in [0.717, 1.165) is 32.1 Å². The van der Waals surface area contributed by atoms with Gasteiger partial charge in [0.1, 0.15) is 0 Å². The van der Waals surface area contributed by atoms with E-state index in [9.17, 15) is 5.21 Å². The Labute approximate surface area is 80.9 Å². The van der Waals surface area contributed by atoms with Gasteiger partial charge in [-0.1, -0.05) is 0 Å². The van der Waals surface area contributed by atoms with Crippen molar-refractivity contribution in [3.8, 4) is 11.8 Å². The summed E-state index contributed by atoms with van der Waals surface area (Å²) in [6.07, 6.45) is 5.41. The summed E-state index contributed by atoms with van der Waals surface area (Å²) < 4.78 is 0. The highest BCUT2D eigenvalue weighted by Gasteiger charge is 2.28. The van der Waals surface area contributed by atoms with Crippen molar-refractivity contribution >= 4 is 0 Å². The van der Waals surface area contributed by atoms with Gasteiger partial charge in [0, 0.05) is 18.5 Å². The average molecular weight is 181 g/mol. The fourth-order valence-electron chi connectivity index (χ4n) is 1.89. The van der Waals surface area contributed by atoms with Crippen LogP contribution in [0.1, 0.15) is 46.0 Å². The normalized spacial score (nSPS) is 28.5. The van der Waals surface area contributed by atoms with E-state index in [1.807, 2.05) is 6.92 Å².